The predicted octanol–water partition coefficient (Wildman–Crippen LogP) is 4.01. The zero-order valence-corrected chi connectivity index (χ0v) is 18.3. The Morgan fingerprint density at radius 3 is 2.20 bits per heavy atom. The number of likely N-dealkylation sites (N-methyl/N-ethyl adjacent to an activating group) is 2. The summed E-state index contributed by atoms with van der Waals surface area (Å²) in [6.07, 6.45) is 0.917. The minimum absolute atomic E-state index is 0.204. The summed E-state index contributed by atoms with van der Waals surface area (Å²) >= 11 is 0. The van der Waals surface area contributed by atoms with E-state index >= 15 is 0 Å². The van der Waals surface area contributed by atoms with E-state index < -0.39 is 0 Å². The third-order valence-electron chi connectivity index (χ3n) is 4.33. The molecular formula is C24H29N5O. The standard InChI is InChI=1S/C20H21N5.C4H8O/c1-24(2)11-12-25(3)20-19(16-8-6-7-15(13-16)14-21)22-17-9-4-5-10-18(17)23-20;1-4(2)3-5/h4-10,13H,11-12H2,1-3H3;3-4H,1-2H3. The van der Waals surface area contributed by atoms with E-state index in [1.807, 2.05) is 63.4 Å². The van der Waals surface area contributed by atoms with Gasteiger partial charge in [0, 0.05) is 31.6 Å². The van der Waals surface area contributed by atoms with Crippen molar-refractivity contribution in [3.8, 4) is 17.3 Å². The Kier molecular flexibility index (Phi) is 8.45. The Morgan fingerprint density at radius 1 is 1.00 bits per heavy atom. The molecule has 2 aromatic carbocycles. The van der Waals surface area contributed by atoms with Crippen LogP contribution in [0, 0.1) is 17.2 Å². The van der Waals surface area contributed by atoms with Gasteiger partial charge in [-0.1, -0.05) is 38.1 Å². The van der Waals surface area contributed by atoms with Gasteiger partial charge in [-0.2, -0.15) is 5.26 Å². The van der Waals surface area contributed by atoms with Crippen molar-refractivity contribution < 1.29 is 4.79 Å². The second-order valence-electron chi connectivity index (χ2n) is 7.68. The van der Waals surface area contributed by atoms with Crippen LogP contribution in [0.3, 0.4) is 0 Å². The van der Waals surface area contributed by atoms with E-state index in [-0.39, 0.29) is 5.92 Å². The van der Waals surface area contributed by atoms with Gasteiger partial charge in [0.2, 0.25) is 0 Å². The number of benzene rings is 2. The van der Waals surface area contributed by atoms with Crippen molar-refractivity contribution in [3.63, 3.8) is 0 Å². The SMILES string of the molecule is CC(C)C=O.CN(C)CCN(C)c1nc2ccccc2nc1-c1cccc(C#N)c1. The zero-order chi connectivity index (χ0) is 22.1. The Balaban J connectivity index is 0.000000575. The summed E-state index contributed by atoms with van der Waals surface area (Å²) in [6.45, 7) is 5.47. The van der Waals surface area contributed by atoms with Gasteiger partial charge < -0.3 is 14.6 Å². The maximum absolute atomic E-state index is 9.50. The highest BCUT2D eigenvalue weighted by molar-refractivity contribution is 5.83. The number of fused-ring (bicyclic) bond motifs is 1. The normalized spacial score (nSPS) is 10.5. The first-order valence-electron chi connectivity index (χ1n) is 9.94. The topological polar surface area (TPSA) is 73.1 Å². The van der Waals surface area contributed by atoms with Crippen LogP contribution >= 0.6 is 0 Å². The second kappa shape index (κ2) is 11.0. The molecule has 0 aliphatic heterocycles. The lowest BCUT2D eigenvalue weighted by Gasteiger charge is -2.23. The second-order valence-corrected chi connectivity index (χ2v) is 7.68. The number of carbonyl (C=O) groups excluding carboxylic acids is 1. The van der Waals surface area contributed by atoms with E-state index in [4.69, 9.17) is 9.97 Å². The number of nitriles is 1. The first kappa shape index (κ1) is 23.0. The van der Waals surface area contributed by atoms with Crippen LogP contribution < -0.4 is 4.90 Å². The lowest BCUT2D eigenvalue weighted by atomic mass is 10.1. The molecule has 0 radical (unpaired) electrons. The molecule has 1 heterocycles. The van der Waals surface area contributed by atoms with Crippen LogP contribution in [0.5, 0.6) is 0 Å². The smallest absolute Gasteiger partial charge is 0.155 e. The molecular weight excluding hydrogens is 374 g/mol. The number of aromatic nitrogens is 2. The largest absolute Gasteiger partial charge is 0.357 e. The molecule has 0 N–H and O–H groups in total. The van der Waals surface area contributed by atoms with E-state index in [0.717, 1.165) is 47.5 Å². The monoisotopic (exact) mass is 403 g/mol. The summed E-state index contributed by atoms with van der Waals surface area (Å²) in [4.78, 5) is 23.5. The average Bonchev–Trinajstić information content (AvgIpc) is 2.76. The molecule has 0 atom stereocenters. The first-order valence-corrected chi connectivity index (χ1v) is 9.94. The first-order chi connectivity index (χ1) is 14.3. The molecule has 3 aromatic rings. The molecule has 0 aliphatic carbocycles. The maximum atomic E-state index is 9.50. The number of rotatable bonds is 6. The van der Waals surface area contributed by atoms with Gasteiger partial charge in [0.1, 0.15) is 12.0 Å². The summed E-state index contributed by atoms with van der Waals surface area (Å²) in [5.74, 6) is 1.03. The van der Waals surface area contributed by atoms with Gasteiger partial charge in [-0.05, 0) is 38.4 Å². The van der Waals surface area contributed by atoms with Gasteiger partial charge in [0.25, 0.3) is 0 Å². The molecule has 30 heavy (non-hydrogen) atoms. The number of anilines is 1. The van der Waals surface area contributed by atoms with Crippen molar-refractivity contribution >= 4 is 23.1 Å². The number of nitrogens with zero attached hydrogens (tertiary/aromatic N) is 5. The number of hydrogen-bond acceptors (Lipinski definition) is 6. The minimum Gasteiger partial charge on any atom is -0.357 e. The Labute approximate surface area is 178 Å². The molecule has 6 heteroatoms. The van der Waals surface area contributed by atoms with Gasteiger partial charge in [0.05, 0.1) is 22.7 Å². The number of para-hydroxylation sites is 2. The van der Waals surface area contributed by atoms with Gasteiger partial charge in [-0.3, -0.25) is 0 Å². The van der Waals surface area contributed by atoms with Crippen LogP contribution in [0.4, 0.5) is 5.82 Å². The van der Waals surface area contributed by atoms with Crippen LogP contribution in [-0.4, -0.2) is 55.4 Å². The number of hydrogen-bond donors (Lipinski definition) is 0. The van der Waals surface area contributed by atoms with E-state index in [0.29, 0.717) is 5.56 Å². The molecule has 3 rings (SSSR count). The number of carbonyl (C=O) groups is 1. The van der Waals surface area contributed by atoms with E-state index in [1.165, 1.54) is 0 Å². The van der Waals surface area contributed by atoms with Crippen LogP contribution in [0.1, 0.15) is 19.4 Å². The highest BCUT2D eigenvalue weighted by Gasteiger charge is 2.15. The maximum Gasteiger partial charge on any atom is 0.155 e. The molecule has 0 amide bonds. The Morgan fingerprint density at radius 2 is 1.63 bits per heavy atom. The fraction of sp³-hybridized carbons (Fsp3) is 0.333. The number of aldehydes is 1. The Hall–Kier alpha value is -3.30. The van der Waals surface area contributed by atoms with Crippen molar-refractivity contribution in [1.29, 1.82) is 5.26 Å². The third-order valence-corrected chi connectivity index (χ3v) is 4.33. The fourth-order valence-corrected chi connectivity index (χ4v) is 2.64. The molecule has 0 saturated carbocycles. The van der Waals surface area contributed by atoms with E-state index in [2.05, 4.69) is 30.0 Å². The zero-order valence-electron chi connectivity index (χ0n) is 18.3. The molecule has 1 aromatic heterocycles. The highest BCUT2D eigenvalue weighted by Crippen LogP contribution is 2.29. The van der Waals surface area contributed by atoms with Crippen LogP contribution in [0.25, 0.3) is 22.3 Å². The molecule has 0 bridgehead atoms. The van der Waals surface area contributed by atoms with Crippen LogP contribution in [-0.2, 0) is 4.79 Å². The third kappa shape index (κ3) is 6.36. The van der Waals surface area contributed by atoms with Gasteiger partial charge in [-0.15, -0.1) is 0 Å². The predicted molar refractivity (Wildman–Crippen MR) is 122 cm³/mol. The lowest BCUT2D eigenvalue weighted by Crippen LogP contribution is -2.29. The van der Waals surface area contributed by atoms with Crippen molar-refractivity contribution in [1.82, 2.24) is 14.9 Å². The summed E-state index contributed by atoms with van der Waals surface area (Å²) in [5.41, 5.74) is 4.05. The molecule has 156 valence electrons. The molecule has 0 aliphatic rings. The average molecular weight is 404 g/mol. The van der Waals surface area contributed by atoms with Gasteiger partial charge in [0.15, 0.2) is 5.82 Å². The molecule has 0 unspecified atom stereocenters. The molecule has 0 saturated heterocycles. The fourth-order valence-electron chi connectivity index (χ4n) is 2.64. The lowest BCUT2D eigenvalue weighted by molar-refractivity contribution is -0.110. The van der Waals surface area contributed by atoms with Crippen molar-refractivity contribution in [2.24, 2.45) is 5.92 Å². The van der Waals surface area contributed by atoms with E-state index in [1.54, 1.807) is 6.07 Å². The minimum atomic E-state index is 0.204. The van der Waals surface area contributed by atoms with E-state index in [9.17, 15) is 10.1 Å². The summed E-state index contributed by atoms with van der Waals surface area (Å²) in [6, 6.07) is 17.6. The summed E-state index contributed by atoms with van der Waals surface area (Å²) in [5, 5.41) is 9.20. The molecule has 0 fully saturated rings. The van der Waals surface area contributed by atoms with Crippen LogP contribution in [0.15, 0.2) is 48.5 Å². The van der Waals surface area contributed by atoms with Crippen molar-refractivity contribution in [3.05, 3.63) is 54.1 Å². The van der Waals surface area contributed by atoms with Gasteiger partial charge >= 0.3 is 0 Å². The van der Waals surface area contributed by atoms with Gasteiger partial charge in [-0.25, -0.2) is 9.97 Å². The van der Waals surface area contributed by atoms with Crippen molar-refractivity contribution in [2.45, 2.75) is 13.8 Å². The highest BCUT2D eigenvalue weighted by atomic mass is 16.1. The molecule has 0 spiro atoms. The summed E-state index contributed by atoms with van der Waals surface area (Å²) in [7, 11) is 6.13. The molecule has 6 nitrogen and oxygen atoms in total. The van der Waals surface area contributed by atoms with Crippen molar-refractivity contribution in [2.75, 3.05) is 39.1 Å². The van der Waals surface area contributed by atoms with Crippen LogP contribution in [0.2, 0.25) is 0 Å². The quantitative estimate of drug-likeness (QED) is 0.579. The summed E-state index contributed by atoms with van der Waals surface area (Å²) < 4.78 is 0. The Bertz CT molecular complexity index is 1020.